The van der Waals surface area contributed by atoms with E-state index in [4.69, 9.17) is 11.6 Å². The standard InChI is InChI=1S/C34H25ClF4N2O6/c1-33-23(30(44)41(32(33)46)17-7-11-25(36)24(35)13-17)15-21-19(28(33)22-14-18(8-12-26(22)42)47-34(37,38)39)9-10-20-27(21)31(45)40(29(20)43)16-5-3-2-4-6-16/h2-9,11-14,20-21,23,27-28,42H,10,15H2,1H3. The van der Waals surface area contributed by atoms with Crippen LogP contribution in [0.5, 0.6) is 11.5 Å². The first kappa shape index (κ1) is 30.9. The number of benzene rings is 3. The SMILES string of the molecule is CC12C(=O)N(c3ccc(F)c(Cl)c3)C(=O)C1CC1C(=CCC3C(=O)N(c4ccccc4)C(=O)C31)C2c1cc(OC(F)(F)F)ccc1O. The summed E-state index contributed by atoms with van der Waals surface area (Å²) < 4.78 is 58.1. The Morgan fingerprint density at radius 1 is 0.894 bits per heavy atom. The van der Waals surface area contributed by atoms with E-state index in [0.29, 0.717) is 11.3 Å². The van der Waals surface area contributed by atoms with Gasteiger partial charge in [0.25, 0.3) is 0 Å². The van der Waals surface area contributed by atoms with Crippen LogP contribution < -0.4 is 14.5 Å². The fourth-order valence-electron chi connectivity index (χ4n) is 8.02. The highest BCUT2D eigenvalue weighted by atomic mass is 35.5. The zero-order valence-corrected chi connectivity index (χ0v) is 25.3. The van der Waals surface area contributed by atoms with Gasteiger partial charge < -0.3 is 9.84 Å². The summed E-state index contributed by atoms with van der Waals surface area (Å²) in [7, 11) is 0. The molecule has 1 saturated carbocycles. The Morgan fingerprint density at radius 3 is 2.30 bits per heavy atom. The third kappa shape index (κ3) is 4.63. The van der Waals surface area contributed by atoms with Crippen LogP contribution in [0.3, 0.4) is 0 Å². The van der Waals surface area contributed by atoms with Crippen molar-refractivity contribution in [1.82, 2.24) is 0 Å². The Bertz CT molecular complexity index is 1900. The van der Waals surface area contributed by atoms with E-state index in [9.17, 15) is 41.8 Å². The molecule has 8 nitrogen and oxygen atoms in total. The number of fused-ring (bicyclic) bond motifs is 4. The Hall–Kier alpha value is -4.71. The second-order valence-electron chi connectivity index (χ2n) is 12.4. The number of phenols is 1. The van der Waals surface area contributed by atoms with Gasteiger partial charge in [-0.15, -0.1) is 13.2 Å². The average molecular weight is 669 g/mol. The molecule has 0 bridgehead atoms. The summed E-state index contributed by atoms with van der Waals surface area (Å²) in [5.41, 5.74) is -1.01. The second kappa shape index (κ2) is 10.7. The molecule has 6 atom stereocenters. The molecule has 7 rings (SSSR count). The van der Waals surface area contributed by atoms with E-state index in [1.54, 1.807) is 36.4 Å². The number of phenolic OH excluding ortho intramolecular Hbond substituents is 1. The van der Waals surface area contributed by atoms with E-state index in [0.717, 1.165) is 40.1 Å². The lowest BCUT2D eigenvalue weighted by molar-refractivity contribution is -0.274. The van der Waals surface area contributed by atoms with Crippen LogP contribution in [0.4, 0.5) is 28.9 Å². The highest BCUT2D eigenvalue weighted by Gasteiger charge is 2.68. The summed E-state index contributed by atoms with van der Waals surface area (Å²) in [6, 6.07) is 14.6. The summed E-state index contributed by atoms with van der Waals surface area (Å²) in [5.74, 6) is -9.14. The van der Waals surface area contributed by atoms with E-state index >= 15 is 0 Å². The third-order valence-corrected chi connectivity index (χ3v) is 10.3. The molecule has 4 aliphatic rings. The molecule has 2 saturated heterocycles. The zero-order chi connectivity index (χ0) is 33.6. The molecule has 3 aromatic rings. The van der Waals surface area contributed by atoms with E-state index in [1.807, 2.05) is 0 Å². The fourth-order valence-corrected chi connectivity index (χ4v) is 8.20. The smallest absolute Gasteiger partial charge is 0.508 e. The minimum Gasteiger partial charge on any atom is -0.508 e. The molecule has 3 aromatic carbocycles. The van der Waals surface area contributed by atoms with E-state index < -0.39 is 82.3 Å². The van der Waals surface area contributed by atoms with Crippen molar-refractivity contribution in [2.24, 2.45) is 29.1 Å². The van der Waals surface area contributed by atoms with Crippen LogP contribution in [0.25, 0.3) is 0 Å². The van der Waals surface area contributed by atoms with Gasteiger partial charge in [-0.25, -0.2) is 9.29 Å². The van der Waals surface area contributed by atoms with E-state index in [2.05, 4.69) is 4.74 Å². The van der Waals surface area contributed by atoms with E-state index in [1.165, 1.54) is 13.0 Å². The van der Waals surface area contributed by atoms with Gasteiger partial charge in [0.2, 0.25) is 23.6 Å². The lowest BCUT2D eigenvalue weighted by Crippen LogP contribution is -2.49. The maximum Gasteiger partial charge on any atom is 0.573 e. The molecule has 242 valence electrons. The van der Waals surface area contributed by atoms with Gasteiger partial charge in [0.1, 0.15) is 17.3 Å². The predicted molar refractivity (Wildman–Crippen MR) is 160 cm³/mol. The van der Waals surface area contributed by atoms with Crippen LogP contribution in [-0.4, -0.2) is 35.1 Å². The Labute approximate surface area is 270 Å². The Balaban J connectivity index is 1.39. The van der Waals surface area contributed by atoms with Gasteiger partial charge in [-0.3, -0.25) is 24.1 Å². The van der Waals surface area contributed by atoms with Crippen molar-refractivity contribution in [2.45, 2.75) is 32.0 Å². The summed E-state index contributed by atoms with van der Waals surface area (Å²) >= 11 is 6.00. The predicted octanol–water partition coefficient (Wildman–Crippen LogP) is 6.52. The van der Waals surface area contributed by atoms with Crippen molar-refractivity contribution in [3.8, 4) is 11.5 Å². The number of halogens is 5. The largest absolute Gasteiger partial charge is 0.573 e. The second-order valence-corrected chi connectivity index (χ2v) is 12.8. The van der Waals surface area contributed by atoms with Crippen molar-refractivity contribution in [3.05, 3.63) is 94.8 Å². The van der Waals surface area contributed by atoms with Gasteiger partial charge in [-0.05, 0) is 74.2 Å². The number of amides is 4. The number of rotatable bonds is 4. The number of carbonyl (C=O) groups excluding carboxylic acids is 4. The highest BCUT2D eigenvalue weighted by Crippen LogP contribution is 2.64. The summed E-state index contributed by atoms with van der Waals surface area (Å²) in [5, 5.41) is 10.8. The first-order chi connectivity index (χ1) is 22.2. The molecule has 0 radical (unpaired) electrons. The van der Waals surface area contributed by atoms with Crippen molar-refractivity contribution < 1.29 is 46.6 Å². The number of hydrogen-bond acceptors (Lipinski definition) is 6. The van der Waals surface area contributed by atoms with Crippen LogP contribution in [0.2, 0.25) is 5.02 Å². The average Bonchev–Trinajstić information content (AvgIpc) is 3.39. The lowest BCUT2D eigenvalue weighted by Gasteiger charge is -2.49. The third-order valence-electron chi connectivity index (χ3n) is 9.99. The molecule has 1 N–H and O–H groups in total. The molecule has 2 aliphatic heterocycles. The molecule has 13 heteroatoms. The number of aromatic hydroxyl groups is 1. The van der Waals surface area contributed by atoms with Crippen LogP contribution in [0.1, 0.15) is 31.2 Å². The molecule has 0 aromatic heterocycles. The number of carbonyl (C=O) groups is 4. The number of anilines is 2. The maximum absolute atomic E-state index is 14.5. The number of ether oxygens (including phenoxy) is 1. The van der Waals surface area contributed by atoms with Crippen molar-refractivity contribution in [1.29, 1.82) is 0 Å². The Morgan fingerprint density at radius 2 is 1.62 bits per heavy atom. The van der Waals surface area contributed by atoms with E-state index in [-0.39, 0.29) is 29.1 Å². The number of alkyl halides is 3. The topological polar surface area (TPSA) is 104 Å². The summed E-state index contributed by atoms with van der Waals surface area (Å²) in [4.78, 5) is 58.4. The van der Waals surface area contributed by atoms with Crippen molar-refractivity contribution in [3.63, 3.8) is 0 Å². The first-order valence-electron chi connectivity index (χ1n) is 14.8. The van der Waals surface area contributed by atoms with Crippen LogP contribution >= 0.6 is 11.6 Å². The fraction of sp³-hybridized carbons (Fsp3) is 0.294. The minimum absolute atomic E-state index is 0.0173. The monoisotopic (exact) mass is 668 g/mol. The molecule has 4 amide bonds. The Kier molecular flexibility index (Phi) is 7.01. The first-order valence-corrected chi connectivity index (χ1v) is 15.1. The number of para-hydroxylation sites is 1. The maximum atomic E-state index is 14.5. The molecule has 6 unspecified atom stereocenters. The molecule has 2 heterocycles. The number of imide groups is 2. The minimum atomic E-state index is -5.07. The molecule has 3 fully saturated rings. The zero-order valence-electron chi connectivity index (χ0n) is 24.5. The molecular weight excluding hydrogens is 644 g/mol. The van der Waals surface area contributed by atoms with Gasteiger partial charge in [0.15, 0.2) is 0 Å². The molecular formula is C34H25ClF4N2O6. The lowest BCUT2D eigenvalue weighted by atomic mass is 9.51. The number of allylic oxidation sites excluding steroid dienone is 2. The van der Waals surface area contributed by atoms with Crippen molar-refractivity contribution >= 4 is 46.6 Å². The van der Waals surface area contributed by atoms with Gasteiger partial charge in [0.05, 0.1) is 39.6 Å². The molecule has 0 spiro atoms. The summed E-state index contributed by atoms with van der Waals surface area (Å²) in [6.07, 6.45) is -3.33. The van der Waals surface area contributed by atoms with Crippen LogP contribution in [-0.2, 0) is 19.2 Å². The quantitative estimate of drug-likeness (QED) is 0.193. The normalized spacial score (nSPS) is 28.6. The van der Waals surface area contributed by atoms with Crippen molar-refractivity contribution in [2.75, 3.05) is 9.80 Å². The number of nitrogens with zero attached hydrogens (tertiary/aromatic N) is 2. The van der Waals surface area contributed by atoms with Gasteiger partial charge >= 0.3 is 6.36 Å². The highest BCUT2D eigenvalue weighted by molar-refractivity contribution is 6.32. The van der Waals surface area contributed by atoms with Crippen LogP contribution in [0, 0.1) is 34.9 Å². The number of hydrogen-bond donors (Lipinski definition) is 1. The van der Waals surface area contributed by atoms with Crippen LogP contribution in [0.15, 0.2) is 78.4 Å². The summed E-state index contributed by atoms with van der Waals surface area (Å²) in [6.45, 7) is 1.49. The van der Waals surface area contributed by atoms with Gasteiger partial charge in [-0.1, -0.05) is 41.4 Å². The molecule has 47 heavy (non-hydrogen) atoms. The van der Waals surface area contributed by atoms with Gasteiger partial charge in [0, 0.05) is 11.5 Å². The molecule has 2 aliphatic carbocycles. The van der Waals surface area contributed by atoms with Gasteiger partial charge in [-0.2, -0.15) is 0 Å².